The molecule has 4 nitrogen and oxygen atoms in total. The fourth-order valence-electron chi connectivity index (χ4n) is 2.97. The zero-order valence-electron chi connectivity index (χ0n) is 13.4. The molecule has 0 aromatic carbocycles. The number of pyridine rings is 2. The minimum absolute atomic E-state index is 0.651. The summed E-state index contributed by atoms with van der Waals surface area (Å²) in [5.74, 6) is 0. The molecule has 0 saturated carbocycles. The Balaban J connectivity index is 1.96. The first-order valence-electron chi connectivity index (χ1n) is 7.80. The van der Waals surface area contributed by atoms with Crippen LogP contribution in [-0.4, -0.2) is 14.5 Å². The number of rotatable bonds is 0. The van der Waals surface area contributed by atoms with Gasteiger partial charge in [0, 0.05) is 35.2 Å². The summed E-state index contributed by atoms with van der Waals surface area (Å²) >= 11 is 1.51. The zero-order chi connectivity index (χ0) is 15.8. The minimum Gasteiger partial charge on any atom is -0.329 e. The van der Waals surface area contributed by atoms with Gasteiger partial charge in [-0.1, -0.05) is 0 Å². The van der Waals surface area contributed by atoms with Crippen LogP contribution in [-0.2, 0) is 13.5 Å². The van der Waals surface area contributed by atoms with E-state index in [-0.39, 0.29) is 0 Å². The van der Waals surface area contributed by atoms with Gasteiger partial charge in [0.05, 0.1) is 22.7 Å². The van der Waals surface area contributed by atoms with Crippen LogP contribution in [0.25, 0.3) is 31.8 Å². The van der Waals surface area contributed by atoms with Crippen molar-refractivity contribution in [3.8, 4) is 10.6 Å². The van der Waals surface area contributed by atoms with Crippen molar-refractivity contribution in [3.05, 3.63) is 42.5 Å². The van der Waals surface area contributed by atoms with Gasteiger partial charge < -0.3 is 4.57 Å². The summed E-state index contributed by atoms with van der Waals surface area (Å²) in [6.07, 6.45) is 6.99. The van der Waals surface area contributed by atoms with Gasteiger partial charge in [0.1, 0.15) is 0 Å². The van der Waals surface area contributed by atoms with E-state index in [9.17, 15) is 0 Å². The van der Waals surface area contributed by atoms with Crippen molar-refractivity contribution in [2.24, 2.45) is 6.98 Å². The molecule has 0 amide bonds. The molecule has 96 valence electrons. The van der Waals surface area contributed by atoms with Crippen LogP contribution in [0, 0.1) is 0 Å². The quantitative estimate of drug-likeness (QED) is 0.409. The maximum atomic E-state index is 7.91. The minimum atomic E-state index is -2.24. The van der Waals surface area contributed by atoms with Gasteiger partial charge >= 0.3 is 0 Å². The lowest BCUT2D eigenvalue weighted by Crippen LogP contribution is -2.30. The first-order chi connectivity index (χ1) is 11.1. The maximum absolute atomic E-state index is 7.91. The van der Waals surface area contributed by atoms with Crippen molar-refractivity contribution in [2.75, 3.05) is 0 Å². The van der Waals surface area contributed by atoms with Crippen LogP contribution in [0.5, 0.6) is 0 Å². The molecule has 0 unspecified atom stereocenters. The summed E-state index contributed by atoms with van der Waals surface area (Å²) in [4.78, 5) is 9.08. The number of aromatic nitrogens is 4. The number of aryl methyl sites for hydroxylation is 1. The third-order valence-corrected chi connectivity index (χ3v) is 5.08. The molecule has 1 aliphatic rings. The topological polar surface area (TPSA) is 34.6 Å². The first-order valence-corrected chi connectivity index (χ1v) is 7.12. The Hall–Kier alpha value is -2.27. The number of fused-ring (bicyclic) bond motifs is 7. The van der Waals surface area contributed by atoms with Gasteiger partial charge in [-0.05, 0) is 23.5 Å². The zero-order valence-corrected chi connectivity index (χ0v) is 11.2. The lowest BCUT2D eigenvalue weighted by molar-refractivity contribution is -0.641. The fourth-order valence-corrected chi connectivity index (χ4v) is 4.22. The molecule has 20 heavy (non-hydrogen) atoms. The lowest BCUT2D eigenvalue weighted by Gasteiger charge is -1.93. The Morgan fingerprint density at radius 1 is 1.30 bits per heavy atom. The highest BCUT2D eigenvalue weighted by molar-refractivity contribution is 7.21. The van der Waals surface area contributed by atoms with Gasteiger partial charge in [-0.25, -0.2) is 0 Å². The van der Waals surface area contributed by atoms with E-state index in [1.165, 1.54) is 21.5 Å². The third kappa shape index (κ3) is 1.10. The predicted molar refractivity (Wildman–Crippen MR) is 78.6 cm³/mol. The van der Waals surface area contributed by atoms with Crippen molar-refractivity contribution in [3.63, 3.8) is 0 Å². The maximum Gasteiger partial charge on any atom is 0.273 e. The van der Waals surface area contributed by atoms with E-state index in [4.69, 9.17) is 4.11 Å². The standard InChI is InChI=1S/C15H11N4S/c1-18-12-7-17-5-3-10(12)13-15(18)20-14-11-6-16-4-2-9(11)8-19(13)14/h2-7H,8H2,1H3/q+1/i1D3. The second-order valence-corrected chi connectivity index (χ2v) is 5.89. The normalized spacial score (nSPS) is 15.9. The molecular weight excluding hydrogens is 268 g/mol. The van der Waals surface area contributed by atoms with Gasteiger partial charge in [-0.2, -0.15) is 4.57 Å². The molecule has 5 heteroatoms. The number of hydrogen-bond acceptors (Lipinski definition) is 3. The second-order valence-electron chi connectivity index (χ2n) is 4.91. The molecule has 4 aromatic heterocycles. The Labute approximate surface area is 123 Å². The highest BCUT2D eigenvalue weighted by atomic mass is 32.1. The van der Waals surface area contributed by atoms with E-state index >= 15 is 0 Å². The van der Waals surface area contributed by atoms with Gasteiger partial charge in [0.2, 0.25) is 0 Å². The molecule has 5 rings (SSSR count). The van der Waals surface area contributed by atoms with E-state index in [2.05, 4.69) is 14.5 Å². The van der Waals surface area contributed by atoms with Crippen LogP contribution in [0.2, 0.25) is 0 Å². The highest BCUT2D eigenvalue weighted by Gasteiger charge is 2.34. The molecule has 1 aliphatic heterocycles. The van der Waals surface area contributed by atoms with Crippen molar-refractivity contribution in [1.82, 2.24) is 14.5 Å². The van der Waals surface area contributed by atoms with E-state index in [0.717, 1.165) is 32.8 Å². The lowest BCUT2D eigenvalue weighted by atomic mass is 10.2. The summed E-state index contributed by atoms with van der Waals surface area (Å²) in [7, 11) is 0. The molecule has 0 fully saturated rings. The smallest absolute Gasteiger partial charge is 0.273 e. The van der Waals surface area contributed by atoms with E-state index in [0.29, 0.717) is 5.52 Å². The molecular formula is C15H11N4S+. The Bertz CT molecular complexity index is 1090. The number of thiazole rings is 1. The van der Waals surface area contributed by atoms with Crippen molar-refractivity contribution >= 4 is 32.6 Å². The van der Waals surface area contributed by atoms with Gasteiger partial charge in [0.25, 0.3) is 10.5 Å². The summed E-state index contributed by atoms with van der Waals surface area (Å²) in [5.41, 5.74) is 3.93. The molecule has 0 atom stereocenters. The molecule has 0 N–H and O–H groups in total. The van der Waals surface area contributed by atoms with Crippen LogP contribution in [0.1, 0.15) is 9.68 Å². The molecule has 0 radical (unpaired) electrons. The monoisotopic (exact) mass is 282 g/mol. The number of nitrogens with zero attached hydrogens (tertiary/aromatic N) is 4. The van der Waals surface area contributed by atoms with Crippen molar-refractivity contribution in [1.29, 1.82) is 0 Å². The molecule has 5 heterocycles. The molecule has 0 saturated heterocycles. The fraction of sp³-hybridized carbons (Fsp3) is 0.133. The van der Waals surface area contributed by atoms with Crippen LogP contribution >= 0.6 is 11.3 Å². The van der Waals surface area contributed by atoms with Crippen molar-refractivity contribution in [2.45, 2.75) is 6.54 Å². The van der Waals surface area contributed by atoms with Gasteiger partial charge in [-0.3, -0.25) is 9.97 Å². The van der Waals surface area contributed by atoms with Crippen LogP contribution in [0.3, 0.4) is 0 Å². The number of hydrogen-bond donors (Lipinski definition) is 0. The average molecular weight is 282 g/mol. The summed E-state index contributed by atoms with van der Waals surface area (Å²) in [5, 5.41) is 1.99. The predicted octanol–water partition coefficient (Wildman–Crippen LogP) is 2.50. The van der Waals surface area contributed by atoms with Crippen LogP contribution in [0.15, 0.2) is 36.9 Å². The van der Waals surface area contributed by atoms with Gasteiger partial charge in [-0.15, -0.1) is 0 Å². The second kappa shape index (κ2) is 3.43. The first kappa shape index (κ1) is 8.11. The highest BCUT2D eigenvalue weighted by Crippen LogP contribution is 2.38. The van der Waals surface area contributed by atoms with Crippen LogP contribution < -0.4 is 4.57 Å². The average Bonchev–Trinajstić information content (AvgIpc) is 3.12. The summed E-state index contributed by atoms with van der Waals surface area (Å²) < 4.78 is 27.3. The Morgan fingerprint density at radius 3 is 3.15 bits per heavy atom. The van der Waals surface area contributed by atoms with E-state index in [1.54, 1.807) is 18.6 Å². The Kier molecular flexibility index (Phi) is 1.39. The van der Waals surface area contributed by atoms with E-state index in [1.807, 2.05) is 18.3 Å². The molecule has 0 bridgehead atoms. The van der Waals surface area contributed by atoms with E-state index < -0.39 is 6.98 Å². The molecule has 0 aliphatic carbocycles. The largest absolute Gasteiger partial charge is 0.329 e. The van der Waals surface area contributed by atoms with Gasteiger partial charge in [0.15, 0.2) is 11.4 Å². The SMILES string of the molecule is [2H]C([2H])([2H])n1c2cnccc2c2c1sc1[n+]2Cc2ccncc2-1. The summed E-state index contributed by atoms with van der Waals surface area (Å²) in [6.45, 7) is -1.49. The summed E-state index contributed by atoms with van der Waals surface area (Å²) in [6, 6.07) is 3.91. The van der Waals surface area contributed by atoms with Crippen LogP contribution in [0.4, 0.5) is 0 Å². The van der Waals surface area contributed by atoms with Crippen molar-refractivity contribution < 1.29 is 8.68 Å². The third-order valence-electron chi connectivity index (χ3n) is 3.88. The molecule has 0 spiro atoms. The molecule has 4 aromatic rings. The Morgan fingerprint density at radius 2 is 2.20 bits per heavy atom.